The van der Waals surface area contributed by atoms with Crippen LogP contribution in [0.5, 0.6) is 0 Å². The molecular formula is C25H22N3O2+. The fraction of sp³-hybridized carbons (Fsp3) is 0.240. The molecule has 1 fully saturated rings. The molecule has 30 heavy (non-hydrogen) atoms. The molecule has 1 saturated carbocycles. The van der Waals surface area contributed by atoms with E-state index in [-0.39, 0.29) is 17.7 Å². The summed E-state index contributed by atoms with van der Waals surface area (Å²) < 4.78 is 1.95. The van der Waals surface area contributed by atoms with E-state index in [0.29, 0.717) is 11.3 Å². The highest BCUT2D eigenvalue weighted by Gasteiger charge is 2.38. The van der Waals surface area contributed by atoms with Crippen LogP contribution in [0, 0.1) is 0 Å². The largest absolute Gasteiger partial charge is 0.349 e. The Hall–Kier alpha value is -3.47. The van der Waals surface area contributed by atoms with Crippen molar-refractivity contribution in [1.29, 1.82) is 0 Å². The van der Waals surface area contributed by atoms with Gasteiger partial charge in [0.25, 0.3) is 17.4 Å². The quantitative estimate of drug-likeness (QED) is 0.439. The van der Waals surface area contributed by atoms with E-state index in [9.17, 15) is 9.59 Å². The van der Waals surface area contributed by atoms with Crippen LogP contribution >= 0.6 is 0 Å². The van der Waals surface area contributed by atoms with Gasteiger partial charge in [0.05, 0.1) is 0 Å². The SMILES string of the molecule is O=C(NC1CCCCC1)c1ccc2[nH]c3c4[n+](ccc3c2c1)-c1ccccc1C4=O. The number of rotatable bonds is 2. The summed E-state index contributed by atoms with van der Waals surface area (Å²) in [6, 6.07) is 15.7. The summed E-state index contributed by atoms with van der Waals surface area (Å²) >= 11 is 0. The first-order valence-electron chi connectivity index (χ1n) is 10.7. The van der Waals surface area contributed by atoms with E-state index in [0.717, 1.165) is 45.9 Å². The summed E-state index contributed by atoms with van der Waals surface area (Å²) in [5.41, 5.74) is 4.69. The third-order valence-corrected chi connectivity index (χ3v) is 6.53. The highest BCUT2D eigenvalue weighted by molar-refractivity contribution is 6.20. The Morgan fingerprint density at radius 2 is 1.83 bits per heavy atom. The molecule has 6 rings (SSSR count). The van der Waals surface area contributed by atoms with E-state index in [2.05, 4.69) is 10.3 Å². The standard InChI is InChI=1S/C25H21N3O2/c29-24-18-8-4-5-9-21(18)28-13-12-17-19-14-15(10-11-20(19)27-22(17)23(24)28)25(30)26-16-6-2-1-3-7-16/h4-5,8-14,16H,1-3,6-7H2,(H,26,30)/p+1. The van der Waals surface area contributed by atoms with Crippen molar-refractivity contribution in [1.82, 2.24) is 10.3 Å². The number of carbonyl (C=O) groups is 2. The van der Waals surface area contributed by atoms with E-state index in [1.54, 1.807) is 0 Å². The predicted octanol–water partition coefficient (Wildman–Crippen LogP) is 4.20. The van der Waals surface area contributed by atoms with Crippen molar-refractivity contribution in [3.05, 3.63) is 71.5 Å². The zero-order valence-corrected chi connectivity index (χ0v) is 16.6. The van der Waals surface area contributed by atoms with Gasteiger partial charge in [-0.3, -0.25) is 9.59 Å². The molecule has 2 aromatic carbocycles. The minimum atomic E-state index is -0.0165. The van der Waals surface area contributed by atoms with Gasteiger partial charge in [0.1, 0.15) is 11.1 Å². The van der Waals surface area contributed by atoms with Crippen molar-refractivity contribution >= 4 is 33.5 Å². The van der Waals surface area contributed by atoms with E-state index < -0.39 is 0 Å². The molecule has 4 aromatic rings. The molecule has 2 aromatic heterocycles. The fourth-order valence-corrected chi connectivity index (χ4v) is 5.00. The number of carbonyl (C=O) groups excluding carboxylic acids is 2. The molecule has 3 heterocycles. The van der Waals surface area contributed by atoms with Gasteiger partial charge in [0.2, 0.25) is 5.69 Å². The van der Waals surface area contributed by atoms with E-state index >= 15 is 0 Å². The molecule has 5 nitrogen and oxygen atoms in total. The van der Waals surface area contributed by atoms with Crippen molar-refractivity contribution in [2.24, 2.45) is 0 Å². The van der Waals surface area contributed by atoms with Gasteiger partial charge in [-0.25, -0.2) is 0 Å². The molecule has 5 heteroatoms. The molecule has 2 aliphatic rings. The molecule has 1 aliphatic carbocycles. The zero-order valence-electron chi connectivity index (χ0n) is 16.6. The van der Waals surface area contributed by atoms with Crippen LogP contribution in [0.25, 0.3) is 27.5 Å². The van der Waals surface area contributed by atoms with E-state index in [4.69, 9.17) is 0 Å². The van der Waals surface area contributed by atoms with Gasteiger partial charge in [-0.05, 0) is 37.1 Å². The maximum atomic E-state index is 13.1. The molecule has 0 saturated heterocycles. The van der Waals surface area contributed by atoms with Crippen molar-refractivity contribution in [3.8, 4) is 5.69 Å². The molecule has 1 amide bonds. The van der Waals surface area contributed by atoms with Crippen LogP contribution in [0.4, 0.5) is 0 Å². The number of hydrogen-bond donors (Lipinski definition) is 2. The van der Waals surface area contributed by atoms with E-state index in [1.165, 1.54) is 19.3 Å². The van der Waals surface area contributed by atoms with Crippen molar-refractivity contribution in [2.45, 2.75) is 38.1 Å². The van der Waals surface area contributed by atoms with Crippen LogP contribution in [0.1, 0.15) is 58.5 Å². The minimum absolute atomic E-state index is 0.0165. The third kappa shape index (κ3) is 2.51. The number of H-pyrrole nitrogens is 1. The number of para-hydroxylation sites is 1. The van der Waals surface area contributed by atoms with E-state index in [1.807, 2.05) is 59.3 Å². The topological polar surface area (TPSA) is 65.8 Å². The number of ketones is 1. The van der Waals surface area contributed by atoms with Crippen LogP contribution < -0.4 is 9.88 Å². The lowest BCUT2D eigenvalue weighted by molar-refractivity contribution is -0.592. The summed E-state index contributed by atoms with van der Waals surface area (Å²) in [7, 11) is 0. The summed E-state index contributed by atoms with van der Waals surface area (Å²) in [5.74, 6) is 0.00943. The number of aromatic nitrogens is 2. The monoisotopic (exact) mass is 396 g/mol. The third-order valence-electron chi connectivity index (χ3n) is 6.53. The smallest absolute Gasteiger partial charge is 0.284 e. The molecule has 0 atom stereocenters. The van der Waals surface area contributed by atoms with Crippen LogP contribution in [0.3, 0.4) is 0 Å². The molecule has 0 unspecified atom stereocenters. The van der Waals surface area contributed by atoms with Gasteiger partial charge in [-0.15, -0.1) is 0 Å². The first kappa shape index (κ1) is 17.4. The van der Waals surface area contributed by atoms with Crippen LogP contribution in [0.2, 0.25) is 0 Å². The number of fused-ring (bicyclic) bond motifs is 7. The van der Waals surface area contributed by atoms with Crippen LogP contribution in [-0.4, -0.2) is 22.7 Å². The second kappa shape index (κ2) is 6.52. The number of hydrogen-bond acceptors (Lipinski definition) is 2. The van der Waals surface area contributed by atoms with Gasteiger partial charge in [0, 0.05) is 40.0 Å². The maximum Gasteiger partial charge on any atom is 0.284 e. The molecule has 148 valence electrons. The first-order valence-corrected chi connectivity index (χ1v) is 10.7. The second-order valence-corrected chi connectivity index (χ2v) is 8.36. The van der Waals surface area contributed by atoms with Gasteiger partial charge < -0.3 is 10.3 Å². The number of nitrogens with zero attached hydrogens (tertiary/aromatic N) is 1. The number of pyridine rings is 1. The molecule has 0 radical (unpaired) electrons. The highest BCUT2D eigenvalue weighted by atomic mass is 16.1. The highest BCUT2D eigenvalue weighted by Crippen LogP contribution is 2.31. The normalized spacial score (nSPS) is 16.1. The Labute approximate surface area is 173 Å². The number of amides is 1. The second-order valence-electron chi connectivity index (χ2n) is 8.36. The predicted molar refractivity (Wildman–Crippen MR) is 115 cm³/mol. The van der Waals surface area contributed by atoms with Gasteiger partial charge >= 0.3 is 0 Å². The molecular weight excluding hydrogens is 374 g/mol. The first-order chi connectivity index (χ1) is 14.7. The Kier molecular flexibility index (Phi) is 3.78. The molecule has 2 N–H and O–H groups in total. The average Bonchev–Trinajstić information content (AvgIpc) is 3.30. The fourth-order valence-electron chi connectivity index (χ4n) is 5.00. The number of aromatic amines is 1. The molecule has 1 aliphatic heterocycles. The van der Waals surface area contributed by atoms with Crippen molar-refractivity contribution < 1.29 is 14.2 Å². The Morgan fingerprint density at radius 3 is 2.70 bits per heavy atom. The number of benzene rings is 2. The van der Waals surface area contributed by atoms with Crippen molar-refractivity contribution in [2.75, 3.05) is 0 Å². The van der Waals surface area contributed by atoms with Gasteiger partial charge in [-0.2, -0.15) is 4.57 Å². The summed E-state index contributed by atoms with van der Waals surface area (Å²) in [6.07, 6.45) is 7.71. The summed E-state index contributed by atoms with van der Waals surface area (Å²) in [5, 5.41) is 5.12. The van der Waals surface area contributed by atoms with Crippen LogP contribution in [0.15, 0.2) is 54.7 Å². The van der Waals surface area contributed by atoms with Crippen LogP contribution in [-0.2, 0) is 0 Å². The average molecular weight is 396 g/mol. The Balaban J connectivity index is 1.44. The Bertz CT molecular complexity index is 1350. The van der Waals surface area contributed by atoms with Crippen molar-refractivity contribution in [3.63, 3.8) is 0 Å². The molecule has 0 bridgehead atoms. The lowest BCUT2D eigenvalue weighted by Gasteiger charge is -2.22. The Morgan fingerprint density at radius 1 is 1.00 bits per heavy atom. The minimum Gasteiger partial charge on any atom is -0.349 e. The molecule has 0 spiro atoms. The van der Waals surface area contributed by atoms with Gasteiger partial charge in [-0.1, -0.05) is 31.4 Å². The summed E-state index contributed by atoms with van der Waals surface area (Å²) in [6.45, 7) is 0. The lowest BCUT2D eigenvalue weighted by atomic mass is 9.95. The summed E-state index contributed by atoms with van der Waals surface area (Å²) in [4.78, 5) is 29.3. The number of nitrogens with one attached hydrogen (secondary N) is 2. The lowest BCUT2D eigenvalue weighted by Crippen LogP contribution is -2.36. The maximum absolute atomic E-state index is 13.1. The van der Waals surface area contributed by atoms with Gasteiger partial charge in [0.15, 0.2) is 6.20 Å². The zero-order chi connectivity index (χ0) is 20.2.